The first-order valence-electron chi connectivity index (χ1n) is 4.84. The number of benzene rings is 1. The number of nitrogens with one attached hydrogen (secondary N) is 2. The lowest BCUT2D eigenvalue weighted by Crippen LogP contribution is -2.01. The number of anilines is 1. The topological polar surface area (TPSA) is 40.7 Å². The van der Waals surface area contributed by atoms with E-state index < -0.39 is 0 Å². The molecule has 2 rings (SSSR count). The van der Waals surface area contributed by atoms with E-state index >= 15 is 0 Å². The Morgan fingerprint density at radius 3 is 2.81 bits per heavy atom. The van der Waals surface area contributed by atoms with E-state index in [1.165, 1.54) is 0 Å². The molecule has 84 valence electrons. The highest BCUT2D eigenvalue weighted by molar-refractivity contribution is 9.11. The van der Waals surface area contributed by atoms with Crippen molar-refractivity contribution in [3.63, 3.8) is 0 Å². The van der Waals surface area contributed by atoms with Crippen LogP contribution in [0.2, 0.25) is 0 Å². The molecule has 1 heterocycles. The maximum absolute atomic E-state index is 4.24. The molecule has 1 aromatic carbocycles. The minimum Gasteiger partial charge on any atom is -0.378 e. The molecule has 3 nitrogen and oxygen atoms in total. The Morgan fingerprint density at radius 1 is 1.38 bits per heavy atom. The maximum Gasteiger partial charge on any atom is 0.0925 e. The summed E-state index contributed by atoms with van der Waals surface area (Å²) in [7, 11) is 0. The van der Waals surface area contributed by atoms with Crippen molar-refractivity contribution in [3.8, 4) is 0 Å². The lowest BCUT2D eigenvalue weighted by Gasteiger charge is -2.07. The molecule has 2 N–H and O–H groups in total. The summed E-state index contributed by atoms with van der Waals surface area (Å²) in [5, 5.41) is 3.33. The molecule has 5 heteroatoms. The predicted octanol–water partition coefficient (Wildman–Crippen LogP) is 3.86. The fraction of sp³-hybridized carbons (Fsp3) is 0.182. The average Bonchev–Trinajstić information content (AvgIpc) is 2.63. The number of aryl methyl sites for hydroxylation is 1. The lowest BCUT2D eigenvalue weighted by molar-refractivity contribution is 1.05. The quantitative estimate of drug-likeness (QED) is 0.887. The zero-order chi connectivity index (χ0) is 11.5. The molecule has 0 spiro atoms. The molecule has 0 aliphatic rings. The first-order chi connectivity index (χ1) is 7.66. The van der Waals surface area contributed by atoms with Gasteiger partial charge in [-0.05, 0) is 41.1 Å². The lowest BCUT2D eigenvalue weighted by atomic mass is 10.3. The highest BCUT2D eigenvalue weighted by Crippen LogP contribution is 2.26. The van der Waals surface area contributed by atoms with E-state index in [0.29, 0.717) is 0 Å². The van der Waals surface area contributed by atoms with Crippen molar-refractivity contribution in [1.29, 1.82) is 0 Å². The van der Waals surface area contributed by atoms with Crippen LogP contribution < -0.4 is 5.32 Å². The van der Waals surface area contributed by atoms with Gasteiger partial charge in [0.25, 0.3) is 0 Å². The Morgan fingerprint density at radius 2 is 2.19 bits per heavy atom. The van der Waals surface area contributed by atoms with E-state index in [2.05, 4.69) is 47.1 Å². The smallest absolute Gasteiger partial charge is 0.0925 e. The standard InChI is InChI=1S/C11H11Br2N3/c1-7-11(16-6-15-7)5-14-10-3-2-8(12)4-9(10)13/h2-4,6,14H,5H2,1H3,(H,15,16). The number of H-pyrrole nitrogens is 1. The zero-order valence-corrected chi connectivity index (χ0v) is 11.9. The minimum absolute atomic E-state index is 0.718. The van der Waals surface area contributed by atoms with Crippen LogP contribution in [-0.4, -0.2) is 9.97 Å². The van der Waals surface area contributed by atoms with Crippen molar-refractivity contribution in [2.75, 3.05) is 5.32 Å². The van der Waals surface area contributed by atoms with Gasteiger partial charge in [-0.2, -0.15) is 0 Å². The minimum atomic E-state index is 0.718. The van der Waals surface area contributed by atoms with Crippen LogP contribution in [0.15, 0.2) is 33.5 Å². The van der Waals surface area contributed by atoms with E-state index in [0.717, 1.165) is 32.6 Å². The van der Waals surface area contributed by atoms with Gasteiger partial charge in [-0.3, -0.25) is 0 Å². The van der Waals surface area contributed by atoms with Gasteiger partial charge in [0.15, 0.2) is 0 Å². The highest BCUT2D eigenvalue weighted by Gasteiger charge is 2.03. The van der Waals surface area contributed by atoms with Crippen LogP contribution >= 0.6 is 31.9 Å². The molecular formula is C11H11Br2N3. The van der Waals surface area contributed by atoms with Crippen LogP contribution in [0.25, 0.3) is 0 Å². The van der Waals surface area contributed by atoms with Gasteiger partial charge >= 0.3 is 0 Å². The third-order valence-corrected chi connectivity index (χ3v) is 3.46. The largest absolute Gasteiger partial charge is 0.378 e. The summed E-state index contributed by atoms with van der Waals surface area (Å²) in [6.07, 6.45) is 1.71. The van der Waals surface area contributed by atoms with Crippen molar-refractivity contribution in [3.05, 3.63) is 44.9 Å². The van der Waals surface area contributed by atoms with Crippen molar-refractivity contribution < 1.29 is 0 Å². The molecule has 0 amide bonds. The average molecular weight is 345 g/mol. The maximum atomic E-state index is 4.24. The second-order valence-corrected chi connectivity index (χ2v) is 5.22. The third kappa shape index (κ3) is 2.65. The second-order valence-electron chi connectivity index (χ2n) is 3.45. The van der Waals surface area contributed by atoms with Crippen LogP contribution in [-0.2, 0) is 6.54 Å². The summed E-state index contributed by atoms with van der Waals surface area (Å²) in [5.74, 6) is 0. The third-order valence-electron chi connectivity index (χ3n) is 2.31. The van der Waals surface area contributed by atoms with E-state index in [1.54, 1.807) is 6.33 Å². The number of aromatic amines is 1. The fourth-order valence-corrected chi connectivity index (χ4v) is 2.56. The number of imidazole rings is 1. The Kier molecular flexibility index (Phi) is 3.66. The number of nitrogens with zero attached hydrogens (tertiary/aromatic N) is 1. The Labute approximate surface area is 111 Å². The molecule has 0 atom stereocenters. The first kappa shape index (κ1) is 11.7. The SMILES string of the molecule is Cc1[nH]cnc1CNc1ccc(Br)cc1Br. The Balaban J connectivity index is 2.08. The zero-order valence-electron chi connectivity index (χ0n) is 8.72. The summed E-state index contributed by atoms with van der Waals surface area (Å²) in [6, 6.07) is 6.04. The first-order valence-corrected chi connectivity index (χ1v) is 6.43. The molecule has 16 heavy (non-hydrogen) atoms. The van der Waals surface area contributed by atoms with Crippen molar-refractivity contribution in [2.24, 2.45) is 0 Å². The number of hydrogen-bond donors (Lipinski definition) is 2. The molecule has 2 aromatic rings. The van der Waals surface area contributed by atoms with Crippen molar-refractivity contribution in [1.82, 2.24) is 9.97 Å². The number of hydrogen-bond acceptors (Lipinski definition) is 2. The van der Waals surface area contributed by atoms with Gasteiger partial charge in [-0.15, -0.1) is 0 Å². The molecular weight excluding hydrogens is 334 g/mol. The molecule has 0 radical (unpaired) electrons. The van der Waals surface area contributed by atoms with Gasteiger partial charge in [-0.1, -0.05) is 15.9 Å². The van der Waals surface area contributed by atoms with Gasteiger partial charge in [0.1, 0.15) is 0 Å². The normalized spacial score (nSPS) is 10.4. The summed E-state index contributed by atoms with van der Waals surface area (Å²) in [5.41, 5.74) is 3.20. The number of aromatic nitrogens is 2. The van der Waals surface area contributed by atoms with Crippen molar-refractivity contribution >= 4 is 37.5 Å². The van der Waals surface area contributed by atoms with Gasteiger partial charge in [0.2, 0.25) is 0 Å². The summed E-state index contributed by atoms with van der Waals surface area (Å²) >= 11 is 6.93. The van der Waals surface area contributed by atoms with E-state index in [9.17, 15) is 0 Å². The molecule has 0 bridgehead atoms. The van der Waals surface area contributed by atoms with Gasteiger partial charge < -0.3 is 10.3 Å². The highest BCUT2D eigenvalue weighted by atomic mass is 79.9. The monoisotopic (exact) mass is 343 g/mol. The summed E-state index contributed by atoms with van der Waals surface area (Å²) < 4.78 is 2.09. The van der Waals surface area contributed by atoms with Crippen molar-refractivity contribution in [2.45, 2.75) is 13.5 Å². The molecule has 0 saturated carbocycles. The van der Waals surface area contributed by atoms with Crippen LogP contribution in [0.1, 0.15) is 11.4 Å². The van der Waals surface area contributed by atoms with E-state index in [-0.39, 0.29) is 0 Å². The summed E-state index contributed by atoms with van der Waals surface area (Å²) in [4.78, 5) is 7.29. The molecule has 0 aliphatic heterocycles. The predicted molar refractivity (Wildman–Crippen MR) is 72.5 cm³/mol. The van der Waals surface area contributed by atoms with Crippen LogP contribution in [0, 0.1) is 6.92 Å². The fourth-order valence-electron chi connectivity index (χ4n) is 1.38. The van der Waals surface area contributed by atoms with Gasteiger partial charge in [0, 0.05) is 20.3 Å². The Bertz CT molecular complexity index is 494. The van der Waals surface area contributed by atoms with Crippen LogP contribution in [0.4, 0.5) is 5.69 Å². The number of rotatable bonds is 3. The molecule has 0 unspecified atom stereocenters. The molecule has 0 aliphatic carbocycles. The second kappa shape index (κ2) is 5.01. The van der Waals surface area contributed by atoms with Gasteiger partial charge in [-0.25, -0.2) is 4.98 Å². The Hall–Kier alpha value is -0.810. The molecule has 0 saturated heterocycles. The van der Waals surface area contributed by atoms with Gasteiger partial charge in [0.05, 0.1) is 18.6 Å². The molecule has 0 fully saturated rings. The van der Waals surface area contributed by atoms with E-state index in [1.807, 2.05) is 25.1 Å². The van der Waals surface area contributed by atoms with Crippen LogP contribution in [0.3, 0.4) is 0 Å². The van der Waals surface area contributed by atoms with E-state index in [4.69, 9.17) is 0 Å². The summed E-state index contributed by atoms with van der Waals surface area (Å²) in [6.45, 7) is 2.73. The number of halogens is 2. The van der Waals surface area contributed by atoms with Crippen LogP contribution in [0.5, 0.6) is 0 Å². The molecule has 1 aromatic heterocycles.